The molecule has 17 nitrogen and oxygen atoms in total. The van der Waals surface area contributed by atoms with E-state index in [0.717, 1.165) is 0 Å². The second-order valence-corrected chi connectivity index (χ2v) is 10.2. The number of aromatic amines is 1. The van der Waals surface area contributed by atoms with Crippen molar-refractivity contribution in [2.45, 2.75) is 75.7 Å². The molecule has 244 valence electrons. The van der Waals surface area contributed by atoms with E-state index in [1.165, 1.54) is 19.4 Å². The Bertz CT molecular complexity index is 1340. The van der Waals surface area contributed by atoms with Crippen LogP contribution in [0.4, 0.5) is 0 Å². The Labute approximate surface area is 257 Å². The summed E-state index contributed by atoms with van der Waals surface area (Å²) in [7, 11) is 0. The zero-order chi connectivity index (χ0) is 33.5. The van der Waals surface area contributed by atoms with Gasteiger partial charge < -0.3 is 47.3 Å². The maximum Gasteiger partial charge on any atom is 0.326 e. The minimum atomic E-state index is -1.47. The van der Waals surface area contributed by atoms with Gasteiger partial charge in [-0.25, -0.2) is 9.78 Å². The maximum absolute atomic E-state index is 13.2. The summed E-state index contributed by atoms with van der Waals surface area (Å²) in [6.45, 7) is 1.29. The fourth-order valence-electron chi connectivity index (χ4n) is 4.04. The molecule has 0 saturated carbocycles. The smallest absolute Gasteiger partial charge is 0.326 e. The number of nitrogens with zero attached hydrogens (tertiary/aromatic N) is 1. The number of hydrogen-bond acceptors (Lipinski definition) is 9. The number of nitrogens with two attached hydrogens (primary N) is 1. The van der Waals surface area contributed by atoms with Gasteiger partial charge in [-0.3, -0.25) is 28.8 Å². The topological polar surface area (TPSA) is 283 Å². The summed E-state index contributed by atoms with van der Waals surface area (Å²) in [6.07, 6.45) is 1.10. The van der Waals surface area contributed by atoms with Gasteiger partial charge in [-0.1, -0.05) is 30.3 Å². The lowest BCUT2D eigenvalue weighted by atomic mass is 10.0. The number of carboxylic acids is 3. The number of carboxylic acid groups (broad SMARTS) is 3. The van der Waals surface area contributed by atoms with Crippen LogP contribution in [0.5, 0.6) is 0 Å². The number of imidazole rings is 1. The fraction of sp³-hybridized carbons (Fsp3) is 0.429. The molecule has 1 aromatic carbocycles. The van der Waals surface area contributed by atoms with Crippen molar-refractivity contribution in [2.75, 3.05) is 0 Å². The number of amides is 4. The molecule has 0 unspecified atom stereocenters. The standard InChI is InChI=1S/C28H37N7O10/c1-15(32-27(43)20(11-16-5-3-2-4-6-16)34-25(41)18(29)7-9-22(36)37)24(40)33-19(8-10-23(38)39)26(42)35-21(28(44)45)12-17-13-30-14-31-17/h2-6,13-15,18-21H,7-12,29H2,1H3,(H,30,31)(H,32,43)(H,33,40)(H,34,41)(H,35,42)(H,36,37)(H,38,39)(H,44,45)/t15-,18-,19-,20-,21-/m0/s1. The highest BCUT2D eigenvalue weighted by molar-refractivity contribution is 5.95. The third-order valence-corrected chi connectivity index (χ3v) is 6.54. The summed E-state index contributed by atoms with van der Waals surface area (Å²) in [6, 6.07) is 1.93. The van der Waals surface area contributed by atoms with E-state index < -0.39 is 78.2 Å². The van der Waals surface area contributed by atoms with Crippen molar-refractivity contribution < 1.29 is 48.9 Å². The van der Waals surface area contributed by atoms with Crippen molar-refractivity contribution in [3.8, 4) is 0 Å². The van der Waals surface area contributed by atoms with Crippen LogP contribution in [0.15, 0.2) is 42.9 Å². The van der Waals surface area contributed by atoms with Crippen LogP contribution in [0.25, 0.3) is 0 Å². The first-order chi connectivity index (χ1) is 21.3. The summed E-state index contributed by atoms with van der Waals surface area (Å²) in [5.74, 6) is -7.23. The molecule has 0 saturated heterocycles. The molecule has 5 atom stereocenters. The summed E-state index contributed by atoms with van der Waals surface area (Å²) in [4.78, 5) is 92.2. The first-order valence-corrected chi connectivity index (χ1v) is 13.9. The number of hydrogen-bond donors (Lipinski definition) is 9. The van der Waals surface area contributed by atoms with Gasteiger partial charge in [0.05, 0.1) is 18.1 Å². The predicted molar refractivity (Wildman–Crippen MR) is 155 cm³/mol. The maximum atomic E-state index is 13.2. The molecule has 0 fully saturated rings. The van der Waals surface area contributed by atoms with Gasteiger partial charge >= 0.3 is 17.9 Å². The van der Waals surface area contributed by atoms with Gasteiger partial charge in [0.15, 0.2) is 0 Å². The van der Waals surface area contributed by atoms with Crippen LogP contribution in [-0.4, -0.2) is 97.0 Å². The Morgan fingerprint density at radius 3 is 1.91 bits per heavy atom. The molecule has 0 aliphatic rings. The zero-order valence-corrected chi connectivity index (χ0v) is 24.4. The third kappa shape index (κ3) is 12.8. The van der Waals surface area contributed by atoms with Crippen molar-refractivity contribution in [3.63, 3.8) is 0 Å². The van der Waals surface area contributed by atoms with Crippen molar-refractivity contribution >= 4 is 41.5 Å². The van der Waals surface area contributed by atoms with E-state index >= 15 is 0 Å². The van der Waals surface area contributed by atoms with Gasteiger partial charge in [0.1, 0.15) is 24.2 Å². The van der Waals surface area contributed by atoms with E-state index in [1.807, 2.05) is 0 Å². The monoisotopic (exact) mass is 631 g/mol. The molecule has 10 N–H and O–H groups in total. The molecule has 0 aliphatic carbocycles. The molecule has 17 heteroatoms. The second-order valence-electron chi connectivity index (χ2n) is 10.2. The number of benzene rings is 1. The molecule has 0 radical (unpaired) electrons. The molecule has 4 amide bonds. The van der Waals surface area contributed by atoms with Gasteiger partial charge in [-0.05, 0) is 25.3 Å². The van der Waals surface area contributed by atoms with Gasteiger partial charge in [-0.15, -0.1) is 0 Å². The lowest BCUT2D eigenvalue weighted by Gasteiger charge is -2.25. The molecule has 1 aromatic heterocycles. The number of carbonyl (C=O) groups is 7. The highest BCUT2D eigenvalue weighted by Gasteiger charge is 2.31. The summed E-state index contributed by atoms with van der Waals surface area (Å²) >= 11 is 0. The van der Waals surface area contributed by atoms with Crippen LogP contribution in [0.1, 0.15) is 43.9 Å². The number of aliphatic carboxylic acids is 3. The Morgan fingerprint density at radius 1 is 0.756 bits per heavy atom. The first kappa shape index (κ1) is 35.9. The Balaban J connectivity index is 2.13. The van der Waals surface area contributed by atoms with Crippen LogP contribution in [0.2, 0.25) is 0 Å². The number of carbonyl (C=O) groups excluding carboxylic acids is 4. The van der Waals surface area contributed by atoms with Crippen LogP contribution in [-0.2, 0) is 46.4 Å². The van der Waals surface area contributed by atoms with E-state index in [0.29, 0.717) is 11.3 Å². The predicted octanol–water partition coefficient (Wildman–Crippen LogP) is -1.70. The molecule has 1 heterocycles. The number of rotatable bonds is 19. The fourth-order valence-corrected chi connectivity index (χ4v) is 4.04. The minimum absolute atomic E-state index is 0.00533. The summed E-state index contributed by atoms with van der Waals surface area (Å²) in [5, 5.41) is 37.1. The Hall–Kier alpha value is -5.32. The third-order valence-electron chi connectivity index (χ3n) is 6.54. The average molecular weight is 632 g/mol. The van der Waals surface area contributed by atoms with Gasteiger partial charge in [0, 0.05) is 31.9 Å². The normalized spacial score (nSPS) is 14.1. The first-order valence-electron chi connectivity index (χ1n) is 13.9. The van der Waals surface area contributed by atoms with E-state index in [2.05, 4.69) is 31.2 Å². The lowest BCUT2D eigenvalue weighted by molar-refractivity contribution is -0.143. The lowest BCUT2D eigenvalue weighted by Crippen LogP contribution is -2.58. The number of nitrogens with one attached hydrogen (secondary N) is 5. The SMILES string of the molecule is C[C@H](NC(=O)[C@H](Cc1ccccc1)NC(=O)[C@@H](N)CCC(=O)O)C(=O)N[C@@H](CCC(=O)O)C(=O)N[C@@H](Cc1c[nH]cn1)C(=O)O. The molecule has 45 heavy (non-hydrogen) atoms. The number of H-pyrrole nitrogens is 1. The van der Waals surface area contributed by atoms with Gasteiger partial charge in [0.2, 0.25) is 23.6 Å². The van der Waals surface area contributed by atoms with Crippen LogP contribution in [0, 0.1) is 0 Å². The Kier molecular flexibility index (Phi) is 14.1. The van der Waals surface area contributed by atoms with E-state index in [9.17, 15) is 38.7 Å². The van der Waals surface area contributed by atoms with Crippen molar-refractivity contribution in [2.24, 2.45) is 5.73 Å². The molecule has 0 bridgehead atoms. The molecule has 0 spiro atoms. The largest absolute Gasteiger partial charge is 0.481 e. The quantitative estimate of drug-likeness (QED) is 0.0838. The van der Waals surface area contributed by atoms with E-state index in [4.69, 9.17) is 15.9 Å². The molecule has 2 aromatic rings. The number of aromatic nitrogens is 2. The molecular formula is C28H37N7O10. The minimum Gasteiger partial charge on any atom is -0.481 e. The van der Waals surface area contributed by atoms with Crippen molar-refractivity contribution in [3.05, 3.63) is 54.1 Å². The zero-order valence-electron chi connectivity index (χ0n) is 24.4. The Morgan fingerprint density at radius 2 is 1.33 bits per heavy atom. The summed E-state index contributed by atoms with van der Waals surface area (Å²) < 4.78 is 0. The second kappa shape index (κ2) is 17.7. The van der Waals surface area contributed by atoms with Gasteiger partial charge in [0.25, 0.3) is 0 Å². The highest BCUT2D eigenvalue weighted by Crippen LogP contribution is 2.07. The van der Waals surface area contributed by atoms with Crippen LogP contribution >= 0.6 is 0 Å². The summed E-state index contributed by atoms with van der Waals surface area (Å²) in [5.41, 5.74) is 6.78. The van der Waals surface area contributed by atoms with Crippen molar-refractivity contribution in [1.29, 1.82) is 0 Å². The van der Waals surface area contributed by atoms with Crippen molar-refractivity contribution in [1.82, 2.24) is 31.2 Å². The molecular weight excluding hydrogens is 594 g/mol. The van der Waals surface area contributed by atoms with Gasteiger partial charge in [-0.2, -0.15) is 0 Å². The molecule has 2 rings (SSSR count). The average Bonchev–Trinajstić information content (AvgIpc) is 3.50. The van der Waals surface area contributed by atoms with E-state index in [1.54, 1.807) is 30.3 Å². The van der Waals surface area contributed by atoms with E-state index in [-0.39, 0.29) is 32.1 Å². The highest BCUT2D eigenvalue weighted by atomic mass is 16.4. The van der Waals surface area contributed by atoms with Crippen LogP contribution in [0.3, 0.4) is 0 Å². The van der Waals surface area contributed by atoms with Crippen LogP contribution < -0.4 is 27.0 Å². The molecule has 0 aliphatic heterocycles.